The van der Waals surface area contributed by atoms with Gasteiger partial charge in [-0.15, -0.1) is 12.6 Å². The van der Waals surface area contributed by atoms with Gasteiger partial charge < -0.3 is 10.0 Å². The number of thiol groups is 1. The van der Waals surface area contributed by atoms with Crippen LogP contribution in [-0.2, 0) is 0 Å². The molecule has 0 bridgehead atoms. The molecule has 92 valence electrons. The largest absolute Gasteiger partial charge is 0.391 e. The number of aliphatic hydroxyl groups is 1. The number of β-amino-alcohol motifs (C(OH)–C–C–N with tert-alkyl or cyclic N) is 1. The van der Waals surface area contributed by atoms with Crippen LogP contribution in [0.2, 0.25) is 0 Å². The summed E-state index contributed by atoms with van der Waals surface area (Å²) in [4.78, 5) is 14.7. The number of nitrogens with zero attached hydrogens (tertiary/aromatic N) is 1. The third-order valence-corrected chi connectivity index (χ3v) is 3.62. The summed E-state index contributed by atoms with van der Waals surface area (Å²) in [6.07, 6.45) is 0.453. The van der Waals surface area contributed by atoms with Crippen LogP contribution in [0.5, 0.6) is 0 Å². The molecule has 17 heavy (non-hydrogen) atoms. The summed E-state index contributed by atoms with van der Waals surface area (Å²) in [5.74, 6) is 0.267. The SMILES string of the molecule is CC1CCN(C(=O)c2ccc(S)cc2)CC1O. The average molecular weight is 251 g/mol. The molecule has 3 nitrogen and oxygen atoms in total. The van der Waals surface area contributed by atoms with E-state index >= 15 is 0 Å². The minimum atomic E-state index is -0.406. The molecule has 1 fully saturated rings. The molecule has 0 aliphatic carbocycles. The molecule has 1 saturated heterocycles. The van der Waals surface area contributed by atoms with Gasteiger partial charge >= 0.3 is 0 Å². The van der Waals surface area contributed by atoms with E-state index in [-0.39, 0.29) is 11.8 Å². The molecule has 1 N–H and O–H groups in total. The quantitative estimate of drug-likeness (QED) is 0.747. The number of rotatable bonds is 1. The minimum absolute atomic E-state index is 0.00992. The topological polar surface area (TPSA) is 40.5 Å². The standard InChI is InChI=1S/C13H17NO2S/c1-9-6-7-14(8-12(9)15)13(16)10-2-4-11(17)5-3-10/h2-5,9,12,15,17H,6-8H2,1H3. The Hall–Kier alpha value is -1.00. The van der Waals surface area contributed by atoms with Gasteiger partial charge in [-0.25, -0.2) is 0 Å². The van der Waals surface area contributed by atoms with Gasteiger partial charge in [0.15, 0.2) is 0 Å². The highest BCUT2D eigenvalue weighted by molar-refractivity contribution is 7.80. The van der Waals surface area contributed by atoms with Crippen LogP contribution >= 0.6 is 12.6 Å². The van der Waals surface area contributed by atoms with Crippen LogP contribution in [0.3, 0.4) is 0 Å². The highest BCUT2D eigenvalue weighted by atomic mass is 32.1. The first-order valence-electron chi connectivity index (χ1n) is 5.84. The van der Waals surface area contributed by atoms with Crippen molar-refractivity contribution in [2.45, 2.75) is 24.3 Å². The fourth-order valence-corrected chi connectivity index (χ4v) is 2.17. The van der Waals surface area contributed by atoms with Crippen molar-refractivity contribution < 1.29 is 9.90 Å². The molecule has 0 radical (unpaired) electrons. The van der Waals surface area contributed by atoms with Gasteiger partial charge in [0, 0.05) is 23.5 Å². The molecule has 2 rings (SSSR count). The first-order chi connectivity index (χ1) is 8.08. The molecule has 0 aromatic heterocycles. The lowest BCUT2D eigenvalue weighted by molar-refractivity contribution is 0.0248. The number of likely N-dealkylation sites (tertiary alicyclic amines) is 1. The Morgan fingerprint density at radius 2 is 2.06 bits per heavy atom. The van der Waals surface area contributed by atoms with Crippen molar-refractivity contribution in [1.82, 2.24) is 4.90 Å². The van der Waals surface area contributed by atoms with Gasteiger partial charge in [0.05, 0.1) is 6.10 Å². The van der Waals surface area contributed by atoms with E-state index in [4.69, 9.17) is 0 Å². The van der Waals surface area contributed by atoms with Crippen LogP contribution in [0.15, 0.2) is 29.2 Å². The Morgan fingerprint density at radius 1 is 1.41 bits per heavy atom. The van der Waals surface area contributed by atoms with Gasteiger partial charge in [-0.2, -0.15) is 0 Å². The summed E-state index contributed by atoms with van der Waals surface area (Å²) >= 11 is 4.19. The fraction of sp³-hybridized carbons (Fsp3) is 0.462. The molecule has 1 amide bonds. The molecule has 2 atom stereocenters. The third-order valence-electron chi connectivity index (χ3n) is 3.32. The molecule has 1 aromatic rings. The number of amides is 1. The van der Waals surface area contributed by atoms with Gasteiger partial charge in [0.25, 0.3) is 5.91 Å². The third kappa shape index (κ3) is 2.82. The Kier molecular flexibility index (Phi) is 3.74. The summed E-state index contributed by atoms with van der Waals surface area (Å²) in [6.45, 7) is 3.17. The lowest BCUT2D eigenvalue weighted by Gasteiger charge is -2.34. The van der Waals surface area contributed by atoms with Crippen molar-refractivity contribution in [3.05, 3.63) is 29.8 Å². The van der Waals surface area contributed by atoms with E-state index in [1.165, 1.54) is 0 Å². The fourth-order valence-electron chi connectivity index (χ4n) is 2.02. The van der Waals surface area contributed by atoms with E-state index < -0.39 is 6.10 Å². The summed E-state index contributed by atoms with van der Waals surface area (Å²) in [5, 5.41) is 9.78. The molecule has 1 aliphatic heterocycles. The molecule has 0 spiro atoms. The van der Waals surface area contributed by atoms with Gasteiger partial charge in [0.2, 0.25) is 0 Å². The lowest BCUT2D eigenvalue weighted by Crippen LogP contribution is -2.45. The smallest absolute Gasteiger partial charge is 0.253 e. The Labute approximate surface area is 107 Å². The number of carbonyl (C=O) groups is 1. The maximum absolute atomic E-state index is 12.2. The monoisotopic (exact) mass is 251 g/mol. The molecular weight excluding hydrogens is 234 g/mol. The van der Waals surface area contributed by atoms with Crippen LogP contribution in [0.4, 0.5) is 0 Å². The maximum Gasteiger partial charge on any atom is 0.253 e. The number of aliphatic hydroxyl groups excluding tert-OH is 1. The maximum atomic E-state index is 12.2. The first-order valence-corrected chi connectivity index (χ1v) is 6.29. The molecule has 1 aliphatic rings. The highest BCUT2D eigenvalue weighted by Crippen LogP contribution is 2.19. The van der Waals surface area contributed by atoms with Crippen molar-refractivity contribution in [3.63, 3.8) is 0 Å². The Balaban J connectivity index is 2.08. The van der Waals surface area contributed by atoms with Crippen LogP contribution in [0.1, 0.15) is 23.7 Å². The summed E-state index contributed by atoms with van der Waals surface area (Å²) in [6, 6.07) is 7.16. The zero-order valence-corrected chi connectivity index (χ0v) is 10.7. The molecule has 2 unspecified atom stereocenters. The second kappa shape index (κ2) is 5.10. The van der Waals surface area contributed by atoms with Crippen molar-refractivity contribution in [1.29, 1.82) is 0 Å². The van der Waals surface area contributed by atoms with Gasteiger partial charge in [-0.1, -0.05) is 6.92 Å². The Bertz CT molecular complexity index is 404. The number of carbonyl (C=O) groups excluding carboxylic acids is 1. The van der Waals surface area contributed by atoms with Crippen molar-refractivity contribution in [2.75, 3.05) is 13.1 Å². The van der Waals surface area contributed by atoms with E-state index in [1.54, 1.807) is 29.2 Å². The Morgan fingerprint density at radius 3 is 2.65 bits per heavy atom. The predicted octanol–water partition coefficient (Wildman–Crippen LogP) is 1.82. The average Bonchev–Trinajstić information content (AvgIpc) is 2.33. The molecule has 0 saturated carbocycles. The number of benzene rings is 1. The van der Waals surface area contributed by atoms with Gasteiger partial charge in [-0.05, 0) is 36.6 Å². The lowest BCUT2D eigenvalue weighted by atomic mass is 9.95. The summed E-state index contributed by atoms with van der Waals surface area (Å²) in [5.41, 5.74) is 0.657. The van der Waals surface area contributed by atoms with Crippen LogP contribution in [0, 0.1) is 5.92 Å². The summed E-state index contributed by atoms with van der Waals surface area (Å²) in [7, 11) is 0. The van der Waals surface area contributed by atoms with E-state index in [1.807, 2.05) is 6.92 Å². The van der Waals surface area contributed by atoms with E-state index in [2.05, 4.69) is 12.6 Å². The first kappa shape index (κ1) is 12.5. The second-order valence-corrected chi connectivity index (χ2v) is 5.15. The minimum Gasteiger partial charge on any atom is -0.391 e. The highest BCUT2D eigenvalue weighted by Gasteiger charge is 2.27. The van der Waals surface area contributed by atoms with Crippen molar-refractivity contribution in [3.8, 4) is 0 Å². The van der Waals surface area contributed by atoms with E-state index in [0.29, 0.717) is 12.1 Å². The summed E-state index contributed by atoms with van der Waals surface area (Å²) < 4.78 is 0. The zero-order valence-electron chi connectivity index (χ0n) is 9.84. The van der Waals surface area contributed by atoms with Crippen LogP contribution in [0.25, 0.3) is 0 Å². The molecule has 4 heteroatoms. The zero-order chi connectivity index (χ0) is 12.4. The van der Waals surface area contributed by atoms with Gasteiger partial charge in [0.1, 0.15) is 0 Å². The van der Waals surface area contributed by atoms with E-state index in [0.717, 1.165) is 17.9 Å². The predicted molar refractivity (Wildman–Crippen MR) is 69.4 cm³/mol. The van der Waals surface area contributed by atoms with Crippen LogP contribution in [-0.4, -0.2) is 35.1 Å². The van der Waals surface area contributed by atoms with Gasteiger partial charge in [-0.3, -0.25) is 4.79 Å². The normalized spacial score (nSPS) is 24.8. The molecule has 1 heterocycles. The number of piperidine rings is 1. The van der Waals surface area contributed by atoms with Crippen molar-refractivity contribution >= 4 is 18.5 Å². The van der Waals surface area contributed by atoms with E-state index in [9.17, 15) is 9.90 Å². The van der Waals surface area contributed by atoms with Crippen molar-refractivity contribution in [2.24, 2.45) is 5.92 Å². The second-order valence-electron chi connectivity index (χ2n) is 4.63. The number of hydrogen-bond acceptors (Lipinski definition) is 3. The molecular formula is C13H17NO2S. The molecule has 1 aromatic carbocycles. The van der Waals surface area contributed by atoms with Crippen LogP contribution < -0.4 is 0 Å². The number of hydrogen-bond donors (Lipinski definition) is 2.